The molecule has 0 radical (unpaired) electrons. The highest BCUT2D eigenvalue weighted by Gasteiger charge is 2.20. The monoisotopic (exact) mass is 642 g/mol. The first-order valence-electron chi connectivity index (χ1n) is 16.8. The summed E-state index contributed by atoms with van der Waals surface area (Å²) in [6.45, 7) is 24.3. The Morgan fingerprint density at radius 1 is 0.511 bits per heavy atom. The molecule has 0 aliphatic rings. The van der Waals surface area contributed by atoms with Gasteiger partial charge in [0.1, 0.15) is 14.1 Å². The Hall–Kier alpha value is -4.31. The molecule has 0 saturated heterocycles. The van der Waals surface area contributed by atoms with Crippen LogP contribution in [-0.4, -0.2) is 4.98 Å². The smallest absolute Gasteiger partial charge is 0.227 e. The lowest BCUT2D eigenvalue weighted by molar-refractivity contribution is -0.660. The standard InChI is InChI=1S/C18H15N2O.C13H14N.5C2H6.2CH4/c1-12-8-9-13-14-6-5-10-19-18(14)21-17(13)16(12)15-7-3-4-11-20(15)2;1-11-7-3-4-8-12(11)13-9-5-6-10-14(13)2;5*1-2;;/h3-11H,1-2H3;3-10H,1-2H3;5*1-2H3;2*1H4/q2*+1;;;;;;;. The van der Waals surface area contributed by atoms with Gasteiger partial charge in [-0.3, -0.25) is 0 Å². The third kappa shape index (κ3) is 12.4. The van der Waals surface area contributed by atoms with Crippen molar-refractivity contribution >= 4 is 22.1 Å². The summed E-state index contributed by atoms with van der Waals surface area (Å²) in [5.74, 6) is 0. The Morgan fingerprint density at radius 2 is 1.02 bits per heavy atom. The third-order valence-corrected chi connectivity index (χ3v) is 6.41. The zero-order valence-corrected chi connectivity index (χ0v) is 30.6. The van der Waals surface area contributed by atoms with Crippen LogP contribution in [0.1, 0.15) is 95.2 Å². The molecular formula is C43H67N3O+2. The van der Waals surface area contributed by atoms with Gasteiger partial charge in [-0.2, -0.15) is 0 Å². The van der Waals surface area contributed by atoms with Crippen molar-refractivity contribution in [3.05, 3.63) is 115 Å². The average Bonchev–Trinajstić information content (AvgIpc) is 3.49. The quantitative estimate of drug-likeness (QED) is 0.176. The highest BCUT2D eigenvalue weighted by atomic mass is 16.3. The SMILES string of the molecule is C.C.CC.CC.CC.CC.CC.Cc1ccc2c(oc3ncccc32)c1-c1cccc[n+]1C.Cc1ccccc1-c1cccc[n+]1C. The van der Waals surface area contributed by atoms with E-state index in [1.165, 1.54) is 22.4 Å². The third-order valence-electron chi connectivity index (χ3n) is 6.41. The van der Waals surface area contributed by atoms with Crippen molar-refractivity contribution in [3.63, 3.8) is 0 Å². The molecular weight excluding hydrogens is 574 g/mol. The summed E-state index contributed by atoms with van der Waals surface area (Å²) >= 11 is 0. The molecule has 0 unspecified atom stereocenters. The van der Waals surface area contributed by atoms with Gasteiger partial charge < -0.3 is 4.42 Å². The predicted octanol–water partition coefficient (Wildman–Crippen LogP) is 12.7. The van der Waals surface area contributed by atoms with Crippen LogP contribution in [0, 0.1) is 13.8 Å². The molecule has 0 N–H and O–H groups in total. The van der Waals surface area contributed by atoms with Crippen molar-refractivity contribution < 1.29 is 13.6 Å². The Balaban J connectivity index is -0.000000655. The molecule has 4 nitrogen and oxygen atoms in total. The van der Waals surface area contributed by atoms with Crippen molar-refractivity contribution in [2.75, 3.05) is 0 Å². The highest BCUT2D eigenvalue weighted by Crippen LogP contribution is 2.35. The first-order chi connectivity index (χ1) is 22.0. The molecule has 0 aliphatic carbocycles. The van der Waals surface area contributed by atoms with Crippen LogP contribution in [0.25, 0.3) is 44.6 Å². The molecule has 0 aliphatic heterocycles. The van der Waals surface area contributed by atoms with Gasteiger partial charge >= 0.3 is 0 Å². The molecule has 0 fully saturated rings. The van der Waals surface area contributed by atoms with E-state index in [9.17, 15) is 0 Å². The fourth-order valence-corrected chi connectivity index (χ4v) is 4.54. The highest BCUT2D eigenvalue weighted by molar-refractivity contribution is 6.08. The molecule has 6 aromatic rings. The minimum atomic E-state index is 0. The van der Waals surface area contributed by atoms with Crippen LogP contribution >= 0.6 is 0 Å². The van der Waals surface area contributed by atoms with Crippen molar-refractivity contribution in [2.45, 2.75) is 97.9 Å². The van der Waals surface area contributed by atoms with E-state index in [0.29, 0.717) is 5.71 Å². The molecule has 0 bridgehead atoms. The van der Waals surface area contributed by atoms with E-state index >= 15 is 0 Å². The maximum atomic E-state index is 6.05. The van der Waals surface area contributed by atoms with Crippen LogP contribution in [0.4, 0.5) is 0 Å². The minimum Gasteiger partial charge on any atom is -0.437 e. The van der Waals surface area contributed by atoms with Crippen LogP contribution in [0.15, 0.2) is 108 Å². The molecule has 0 saturated carbocycles. The van der Waals surface area contributed by atoms with Crippen LogP contribution in [-0.2, 0) is 14.1 Å². The van der Waals surface area contributed by atoms with Crippen molar-refractivity contribution in [1.29, 1.82) is 0 Å². The summed E-state index contributed by atoms with van der Waals surface area (Å²) in [5.41, 5.74) is 8.94. The number of aromatic nitrogens is 3. The summed E-state index contributed by atoms with van der Waals surface area (Å²) in [6.07, 6.45) is 5.88. The lowest BCUT2D eigenvalue weighted by Crippen LogP contribution is -2.30. The van der Waals surface area contributed by atoms with Gasteiger partial charge in [-0.05, 0) is 55.3 Å². The number of nitrogens with zero attached hydrogens (tertiary/aromatic N) is 3. The van der Waals surface area contributed by atoms with E-state index < -0.39 is 0 Å². The maximum absolute atomic E-state index is 6.05. The number of hydrogen-bond acceptors (Lipinski definition) is 2. The topological polar surface area (TPSA) is 33.8 Å². The molecule has 47 heavy (non-hydrogen) atoms. The molecule has 0 spiro atoms. The van der Waals surface area contributed by atoms with E-state index in [1.54, 1.807) is 6.20 Å². The Morgan fingerprint density at radius 3 is 1.55 bits per heavy atom. The first-order valence-corrected chi connectivity index (χ1v) is 16.8. The molecule has 4 heteroatoms. The molecule has 2 aromatic carbocycles. The van der Waals surface area contributed by atoms with E-state index in [1.807, 2.05) is 87.4 Å². The number of aryl methyl sites for hydroxylation is 4. The maximum Gasteiger partial charge on any atom is 0.227 e. The molecule has 258 valence electrons. The number of fused-ring (bicyclic) bond motifs is 3. The van der Waals surface area contributed by atoms with Crippen molar-refractivity contribution in [2.24, 2.45) is 14.1 Å². The Labute approximate surface area is 289 Å². The van der Waals surface area contributed by atoms with E-state index in [-0.39, 0.29) is 14.9 Å². The summed E-state index contributed by atoms with van der Waals surface area (Å²) in [6, 6.07) is 29.2. The second-order valence-electron chi connectivity index (χ2n) is 8.80. The van der Waals surface area contributed by atoms with Gasteiger partial charge in [-0.25, -0.2) is 14.1 Å². The van der Waals surface area contributed by atoms with Gasteiger partial charge in [0.15, 0.2) is 18.0 Å². The Kier molecular flexibility index (Phi) is 26.9. The van der Waals surface area contributed by atoms with E-state index in [2.05, 4.69) is 121 Å². The second kappa shape index (κ2) is 26.9. The number of benzene rings is 2. The summed E-state index contributed by atoms with van der Waals surface area (Å²) < 4.78 is 10.3. The normalized spacial score (nSPS) is 8.72. The lowest BCUT2D eigenvalue weighted by atomic mass is 10.0. The number of hydrogen-bond donors (Lipinski definition) is 0. The fourth-order valence-electron chi connectivity index (χ4n) is 4.54. The largest absolute Gasteiger partial charge is 0.437 e. The zero-order valence-electron chi connectivity index (χ0n) is 30.6. The zero-order chi connectivity index (χ0) is 34.4. The Bertz CT molecular complexity index is 1610. The predicted molar refractivity (Wildman–Crippen MR) is 211 cm³/mol. The van der Waals surface area contributed by atoms with E-state index in [0.717, 1.165) is 27.6 Å². The summed E-state index contributed by atoms with van der Waals surface area (Å²) in [7, 11) is 4.12. The van der Waals surface area contributed by atoms with E-state index in [4.69, 9.17) is 4.42 Å². The molecule has 0 amide bonds. The van der Waals surface area contributed by atoms with Gasteiger partial charge in [-0.15, -0.1) is 0 Å². The van der Waals surface area contributed by atoms with Gasteiger partial charge in [0.2, 0.25) is 17.1 Å². The van der Waals surface area contributed by atoms with Crippen molar-refractivity contribution in [3.8, 4) is 22.5 Å². The second-order valence-corrected chi connectivity index (χ2v) is 8.80. The number of furan rings is 1. The van der Waals surface area contributed by atoms with Gasteiger partial charge in [0.25, 0.3) is 0 Å². The molecule has 0 atom stereocenters. The average molecular weight is 642 g/mol. The van der Waals surface area contributed by atoms with Crippen molar-refractivity contribution in [1.82, 2.24) is 4.98 Å². The first kappa shape index (κ1) is 47.1. The number of rotatable bonds is 2. The molecule has 6 rings (SSSR count). The number of pyridine rings is 3. The summed E-state index contributed by atoms with van der Waals surface area (Å²) in [4.78, 5) is 4.33. The summed E-state index contributed by atoms with van der Waals surface area (Å²) in [5, 5.41) is 2.18. The van der Waals surface area contributed by atoms with Crippen LogP contribution in [0.3, 0.4) is 0 Å². The van der Waals surface area contributed by atoms with Gasteiger partial charge in [0.05, 0.1) is 5.56 Å². The molecule has 4 heterocycles. The lowest BCUT2D eigenvalue weighted by Gasteiger charge is -2.04. The van der Waals surface area contributed by atoms with Crippen LogP contribution < -0.4 is 9.13 Å². The van der Waals surface area contributed by atoms with Crippen LogP contribution in [0.2, 0.25) is 0 Å². The van der Waals surface area contributed by atoms with Gasteiger partial charge in [0, 0.05) is 46.8 Å². The minimum absolute atomic E-state index is 0. The fraction of sp³-hybridized carbons (Fsp3) is 0.372. The van der Waals surface area contributed by atoms with Crippen LogP contribution in [0.5, 0.6) is 0 Å². The van der Waals surface area contributed by atoms with Gasteiger partial charge in [-0.1, -0.05) is 114 Å². The molecule has 4 aromatic heterocycles.